The lowest BCUT2D eigenvalue weighted by atomic mass is 10.1. The molecule has 1 atom stereocenters. The summed E-state index contributed by atoms with van der Waals surface area (Å²) < 4.78 is 7.91. The summed E-state index contributed by atoms with van der Waals surface area (Å²) in [6.07, 6.45) is 1.02. The Morgan fingerprint density at radius 1 is 1.04 bits per heavy atom. The monoisotopic (exact) mass is 321 g/mol. The number of nitrogens with zero attached hydrogens (tertiary/aromatic N) is 3. The Morgan fingerprint density at radius 3 is 2.62 bits per heavy atom. The molecule has 2 heterocycles. The summed E-state index contributed by atoms with van der Waals surface area (Å²) in [5.74, 6) is 2.54. The molecule has 2 aromatic carbocycles. The molecule has 5 heteroatoms. The molecule has 1 aromatic heterocycles. The van der Waals surface area contributed by atoms with E-state index in [1.54, 1.807) is 0 Å². The van der Waals surface area contributed by atoms with E-state index in [-0.39, 0.29) is 6.10 Å². The summed E-state index contributed by atoms with van der Waals surface area (Å²) in [5.41, 5.74) is 2.16. The minimum absolute atomic E-state index is 0.302. The van der Waals surface area contributed by atoms with E-state index in [4.69, 9.17) is 4.74 Å². The van der Waals surface area contributed by atoms with E-state index in [1.807, 2.05) is 54.6 Å². The molecule has 1 N–H and O–H groups in total. The highest BCUT2D eigenvalue weighted by molar-refractivity contribution is 5.56. The number of aliphatic hydroxyl groups is 1. The van der Waals surface area contributed by atoms with Crippen molar-refractivity contribution in [2.75, 3.05) is 0 Å². The standard InChI is InChI=1S/C19H19N3O2/c23-16-10-11-22-18(12-16)20-21-19(22)15-6-8-17(9-7-15)24-13-14-4-2-1-3-5-14/h1-9,16,23H,10-13H2. The predicted octanol–water partition coefficient (Wildman–Crippen LogP) is 2.83. The molecule has 3 aromatic rings. The van der Waals surface area contributed by atoms with E-state index < -0.39 is 0 Å². The van der Waals surface area contributed by atoms with Gasteiger partial charge in [-0.15, -0.1) is 10.2 Å². The Bertz CT molecular complexity index is 812. The van der Waals surface area contributed by atoms with Crippen LogP contribution in [0.25, 0.3) is 11.4 Å². The zero-order valence-electron chi connectivity index (χ0n) is 13.3. The maximum absolute atomic E-state index is 9.73. The van der Waals surface area contributed by atoms with Gasteiger partial charge in [-0.3, -0.25) is 0 Å². The van der Waals surface area contributed by atoms with Crippen LogP contribution in [0.5, 0.6) is 5.75 Å². The van der Waals surface area contributed by atoms with Gasteiger partial charge >= 0.3 is 0 Å². The van der Waals surface area contributed by atoms with Gasteiger partial charge in [0.05, 0.1) is 6.10 Å². The maximum atomic E-state index is 9.73. The molecular weight excluding hydrogens is 302 g/mol. The van der Waals surface area contributed by atoms with Crippen LogP contribution >= 0.6 is 0 Å². The molecule has 0 amide bonds. The largest absolute Gasteiger partial charge is 0.489 e. The number of benzene rings is 2. The highest BCUT2D eigenvalue weighted by Crippen LogP contribution is 2.25. The van der Waals surface area contributed by atoms with Crippen LogP contribution in [0.2, 0.25) is 0 Å². The minimum atomic E-state index is -0.302. The third-order valence-corrected chi connectivity index (χ3v) is 4.29. The molecule has 24 heavy (non-hydrogen) atoms. The Hall–Kier alpha value is -2.66. The van der Waals surface area contributed by atoms with Gasteiger partial charge in [0.15, 0.2) is 5.82 Å². The van der Waals surface area contributed by atoms with Crippen molar-refractivity contribution in [2.45, 2.75) is 32.1 Å². The molecule has 5 nitrogen and oxygen atoms in total. The van der Waals surface area contributed by atoms with Crippen molar-refractivity contribution in [2.24, 2.45) is 0 Å². The Kier molecular flexibility index (Phi) is 4.01. The molecular formula is C19H19N3O2. The van der Waals surface area contributed by atoms with Crippen molar-refractivity contribution < 1.29 is 9.84 Å². The Balaban J connectivity index is 1.48. The van der Waals surface area contributed by atoms with Gasteiger partial charge in [-0.25, -0.2) is 0 Å². The Labute approximate surface area is 140 Å². The number of ether oxygens (including phenoxy) is 1. The number of hydrogen-bond donors (Lipinski definition) is 1. The van der Waals surface area contributed by atoms with E-state index in [9.17, 15) is 5.11 Å². The summed E-state index contributed by atoms with van der Waals surface area (Å²) in [7, 11) is 0. The van der Waals surface area contributed by atoms with E-state index in [0.29, 0.717) is 13.0 Å². The van der Waals surface area contributed by atoms with Crippen molar-refractivity contribution in [3.63, 3.8) is 0 Å². The fourth-order valence-electron chi connectivity index (χ4n) is 2.97. The first-order valence-electron chi connectivity index (χ1n) is 8.17. The number of rotatable bonds is 4. The topological polar surface area (TPSA) is 60.2 Å². The maximum Gasteiger partial charge on any atom is 0.163 e. The second-order valence-electron chi connectivity index (χ2n) is 6.04. The summed E-state index contributed by atoms with van der Waals surface area (Å²) >= 11 is 0. The van der Waals surface area contributed by atoms with E-state index in [2.05, 4.69) is 14.8 Å². The van der Waals surface area contributed by atoms with Gasteiger partial charge in [-0.1, -0.05) is 30.3 Å². The van der Waals surface area contributed by atoms with Crippen molar-refractivity contribution in [1.82, 2.24) is 14.8 Å². The number of aliphatic hydroxyl groups excluding tert-OH is 1. The van der Waals surface area contributed by atoms with Gasteiger partial charge in [0.25, 0.3) is 0 Å². The van der Waals surface area contributed by atoms with Crippen LogP contribution in [0.1, 0.15) is 17.8 Å². The average Bonchev–Trinajstić information content (AvgIpc) is 3.04. The Morgan fingerprint density at radius 2 is 1.83 bits per heavy atom. The summed E-state index contributed by atoms with van der Waals surface area (Å²) in [6, 6.07) is 18.0. The molecule has 0 radical (unpaired) electrons. The second kappa shape index (κ2) is 6.45. The van der Waals surface area contributed by atoms with Gasteiger partial charge in [0.2, 0.25) is 0 Å². The van der Waals surface area contributed by atoms with Crippen LogP contribution in [-0.4, -0.2) is 26.0 Å². The fraction of sp³-hybridized carbons (Fsp3) is 0.263. The summed E-state index contributed by atoms with van der Waals surface area (Å²) in [6.45, 7) is 1.31. The zero-order chi connectivity index (χ0) is 16.4. The molecule has 0 fully saturated rings. The average molecular weight is 321 g/mol. The first-order valence-corrected chi connectivity index (χ1v) is 8.17. The summed E-state index contributed by atoms with van der Waals surface area (Å²) in [5, 5.41) is 18.2. The zero-order valence-corrected chi connectivity index (χ0v) is 13.3. The number of fused-ring (bicyclic) bond motifs is 1. The molecule has 1 unspecified atom stereocenters. The molecule has 0 saturated carbocycles. The first kappa shape index (κ1) is 14.9. The normalized spacial score (nSPS) is 16.6. The summed E-state index contributed by atoms with van der Waals surface area (Å²) in [4.78, 5) is 0. The van der Waals surface area contributed by atoms with Crippen LogP contribution < -0.4 is 4.74 Å². The second-order valence-corrected chi connectivity index (χ2v) is 6.04. The van der Waals surface area contributed by atoms with Crippen LogP contribution in [-0.2, 0) is 19.6 Å². The number of hydrogen-bond acceptors (Lipinski definition) is 4. The van der Waals surface area contributed by atoms with E-state index in [0.717, 1.165) is 41.5 Å². The number of aromatic nitrogens is 3. The van der Waals surface area contributed by atoms with Crippen LogP contribution in [0.4, 0.5) is 0 Å². The first-order chi connectivity index (χ1) is 11.8. The lowest BCUT2D eigenvalue weighted by molar-refractivity contribution is 0.142. The predicted molar refractivity (Wildman–Crippen MR) is 90.6 cm³/mol. The third-order valence-electron chi connectivity index (χ3n) is 4.29. The van der Waals surface area contributed by atoms with E-state index in [1.165, 1.54) is 0 Å². The van der Waals surface area contributed by atoms with Crippen LogP contribution in [0.15, 0.2) is 54.6 Å². The molecule has 0 aliphatic carbocycles. The third kappa shape index (κ3) is 3.03. The van der Waals surface area contributed by atoms with Gasteiger partial charge in [-0.05, 0) is 36.2 Å². The lowest BCUT2D eigenvalue weighted by Crippen LogP contribution is -2.23. The van der Waals surface area contributed by atoms with Gasteiger partial charge in [0, 0.05) is 18.5 Å². The van der Waals surface area contributed by atoms with Gasteiger partial charge < -0.3 is 14.4 Å². The molecule has 0 bridgehead atoms. The van der Waals surface area contributed by atoms with E-state index >= 15 is 0 Å². The van der Waals surface area contributed by atoms with Gasteiger partial charge in [-0.2, -0.15) is 0 Å². The molecule has 122 valence electrons. The highest BCUT2D eigenvalue weighted by atomic mass is 16.5. The van der Waals surface area contributed by atoms with Gasteiger partial charge in [0.1, 0.15) is 18.2 Å². The van der Waals surface area contributed by atoms with Crippen LogP contribution in [0, 0.1) is 0 Å². The van der Waals surface area contributed by atoms with Crippen molar-refractivity contribution in [3.05, 3.63) is 66.0 Å². The molecule has 1 aliphatic rings. The minimum Gasteiger partial charge on any atom is -0.489 e. The SMILES string of the molecule is OC1CCn2c(nnc2-c2ccc(OCc3ccccc3)cc2)C1. The molecule has 0 saturated heterocycles. The molecule has 1 aliphatic heterocycles. The quantitative estimate of drug-likeness (QED) is 0.803. The van der Waals surface area contributed by atoms with Crippen molar-refractivity contribution in [1.29, 1.82) is 0 Å². The van der Waals surface area contributed by atoms with Crippen molar-refractivity contribution >= 4 is 0 Å². The molecule has 0 spiro atoms. The highest BCUT2D eigenvalue weighted by Gasteiger charge is 2.21. The smallest absolute Gasteiger partial charge is 0.163 e. The lowest BCUT2D eigenvalue weighted by Gasteiger charge is -2.19. The fourth-order valence-corrected chi connectivity index (χ4v) is 2.97. The molecule has 4 rings (SSSR count). The van der Waals surface area contributed by atoms with Crippen LogP contribution in [0.3, 0.4) is 0 Å². The van der Waals surface area contributed by atoms with Crippen molar-refractivity contribution in [3.8, 4) is 17.1 Å².